The number of nitro groups is 1. The maximum absolute atomic E-state index is 11.9. The summed E-state index contributed by atoms with van der Waals surface area (Å²) in [5.41, 5.74) is 0.840. The van der Waals surface area contributed by atoms with Gasteiger partial charge in [-0.15, -0.1) is 0 Å². The third-order valence-corrected chi connectivity index (χ3v) is 4.47. The van der Waals surface area contributed by atoms with Crippen molar-refractivity contribution < 1.29 is 14.5 Å². The van der Waals surface area contributed by atoms with Crippen molar-refractivity contribution in [2.75, 3.05) is 18.0 Å². The number of rotatable bonds is 3. The number of amides is 1. The average Bonchev–Trinajstić information content (AvgIpc) is 2.91. The van der Waals surface area contributed by atoms with Crippen LogP contribution >= 0.6 is 0 Å². The number of aromatic nitrogens is 2. The maximum atomic E-state index is 11.9. The molecule has 0 saturated carbocycles. The van der Waals surface area contributed by atoms with Crippen LogP contribution < -0.4 is 10.2 Å². The number of alkyl carbamates (subject to hydrolysis) is 1. The van der Waals surface area contributed by atoms with Gasteiger partial charge in [0, 0.05) is 43.8 Å². The molecule has 9 nitrogen and oxygen atoms in total. The zero-order valence-electron chi connectivity index (χ0n) is 16.1. The van der Waals surface area contributed by atoms with Gasteiger partial charge in [-0.25, -0.2) is 4.79 Å². The molecule has 0 bridgehead atoms. The van der Waals surface area contributed by atoms with Crippen molar-refractivity contribution in [3.05, 3.63) is 28.4 Å². The van der Waals surface area contributed by atoms with Crippen LogP contribution in [0.15, 0.2) is 18.3 Å². The number of aryl methyl sites for hydroxylation is 1. The second-order valence-electron chi connectivity index (χ2n) is 7.87. The number of carbonyl (C=O) groups is 1. The first-order valence-corrected chi connectivity index (χ1v) is 8.98. The van der Waals surface area contributed by atoms with Crippen LogP contribution in [0.4, 0.5) is 16.2 Å². The molecule has 1 amide bonds. The van der Waals surface area contributed by atoms with Gasteiger partial charge in [-0.05, 0) is 39.7 Å². The van der Waals surface area contributed by atoms with Gasteiger partial charge in [0.25, 0.3) is 5.69 Å². The van der Waals surface area contributed by atoms with E-state index >= 15 is 0 Å². The van der Waals surface area contributed by atoms with Gasteiger partial charge in [0.1, 0.15) is 11.3 Å². The van der Waals surface area contributed by atoms with Gasteiger partial charge < -0.3 is 15.0 Å². The van der Waals surface area contributed by atoms with Crippen LogP contribution in [-0.2, 0) is 11.8 Å². The fourth-order valence-electron chi connectivity index (χ4n) is 3.31. The van der Waals surface area contributed by atoms with E-state index in [1.54, 1.807) is 30.1 Å². The van der Waals surface area contributed by atoms with E-state index in [1.807, 2.05) is 25.7 Å². The van der Waals surface area contributed by atoms with Gasteiger partial charge in [-0.2, -0.15) is 5.10 Å². The monoisotopic (exact) mass is 375 g/mol. The summed E-state index contributed by atoms with van der Waals surface area (Å²) in [5.74, 6) is 0. The molecule has 1 aromatic carbocycles. The Morgan fingerprint density at radius 1 is 1.33 bits per heavy atom. The van der Waals surface area contributed by atoms with Crippen LogP contribution in [-0.4, -0.2) is 45.5 Å². The minimum atomic E-state index is -0.538. The highest BCUT2D eigenvalue weighted by molar-refractivity contribution is 5.87. The zero-order chi connectivity index (χ0) is 19.8. The molecule has 1 aliphatic heterocycles. The highest BCUT2D eigenvalue weighted by Gasteiger charge is 2.27. The van der Waals surface area contributed by atoms with Crippen molar-refractivity contribution in [1.29, 1.82) is 0 Å². The minimum absolute atomic E-state index is 0.00580. The predicted octanol–water partition coefficient (Wildman–Crippen LogP) is 2.98. The molecule has 0 atom stereocenters. The first-order chi connectivity index (χ1) is 12.6. The lowest BCUT2D eigenvalue weighted by Crippen LogP contribution is -2.46. The molecule has 3 rings (SSSR count). The SMILES string of the molecule is Cn1cc2cc([N+](=O)[O-])c(N3CCC(NC(=O)OC(C)(C)C)CC3)cc2n1. The number of nitrogens with one attached hydrogen (secondary N) is 1. The standard InChI is InChI=1S/C18H25N5O4/c1-18(2,3)27-17(24)19-13-5-7-22(8-6-13)15-10-14-12(11-21(4)20-14)9-16(15)23(25)26/h9-11,13H,5-8H2,1-4H3,(H,19,24). The molecule has 0 radical (unpaired) electrons. The Bertz CT molecular complexity index is 862. The lowest BCUT2D eigenvalue weighted by Gasteiger charge is -2.34. The van der Waals surface area contributed by atoms with Crippen LogP contribution in [0.25, 0.3) is 10.9 Å². The molecule has 0 spiro atoms. The van der Waals surface area contributed by atoms with E-state index in [4.69, 9.17) is 4.74 Å². The van der Waals surface area contributed by atoms with E-state index in [0.29, 0.717) is 31.6 Å². The van der Waals surface area contributed by atoms with Crippen LogP contribution in [0.3, 0.4) is 0 Å². The van der Waals surface area contributed by atoms with Gasteiger partial charge in [-0.3, -0.25) is 14.8 Å². The van der Waals surface area contributed by atoms with E-state index in [2.05, 4.69) is 10.4 Å². The number of carbonyl (C=O) groups excluding carboxylic acids is 1. The van der Waals surface area contributed by atoms with Crippen molar-refractivity contribution >= 4 is 28.4 Å². The highest BCUT2D eigenvalue weighted by atomic mass is 16.6. The van der Waals surface area contributed by atoms with E-state index in [-0.39, 0.29) is 16.7 Å². The smallest absolute Gasteiger partial charge is 0.407 e. The van der Waals surface area contributed by atoms with E-state index in [0.717, 1.165) is 10.9 Å². The Morgan fingerprint density at radius 2 is 2.00 bits per heavy atom. The lowest BCUT2D eigenvalue weighted by molar-refractivity contribution is -0.384. The molecule has 1 saturated heterocycles. The summed E-state index contributed by atoms with van der Waals surface area (Å²) in [4.78, 5) is 25.1. The minimum Gasteiger partial charge on any atom is -0.444 e. The molecule has 1 aromatic heterocycles. The third-order valence-electron chi connectivity index (χ3n) is 4.47. The summed E-state index contributed by atoms with van der Waals surface area (Å²) in [7, 11) is 1.79. The summed E-state index contributed by atoms with van der Waals surface area (Å²) in [6.45, 7) is 6.69. The third kappa shape index (κ3) is 4.47. The number of anilines is 1. The Kier molecular flexibility index (Phi) is 4.95. The van der Waals surface area contributed by atoms with Crippen molar-refractivity contribution in [2.24, 2.45) is 7.05 Å². The number of hydrogen-bond donors (Lipinski definition) is 1. The second-order valence-corrected chi connectivity index (χ2v) is 7.87. The molecule has 1 aliphatic rings. The second kappa shape index (κ2) is 7.05. The zero-order valence-corrected chi connectivity index (χ0v) is 16.1. The number of ether oxygens (including phenoxy) is 1. The summed E-state index contributed by atoms with van der Waals surface area (Å²) >= 11 is 0. The molecule has 0 aliphatic carbocycles. The highest BCUT2D eigenvalue weighted by Crippen LogP contribution is 2.34. The number of piperidine rings is 1. The van der Waals surface area contributed by atoms with Gasteiger partial charge in [0.15, 0.2) is 0 Å². The topological polar surface area (TPSA) is 103 Å². The van der Waals surface area contributed by atoms with E-state index in [1.165, 1.54) is 0 Å². The van der Waals surface area contributed by atoms with E-state index < -0.39 is 11.7 Å². The fraction of sp³-hybridized carbons (Fsp3) is 0.556. The number of nitrogens with zero attached hydrogens (tertiary/aromatic N) is 4. The Labute approximate surface area is 157 Å². The molecule has 9 heteroatoms. The first kappa shape index (κ1) is 18.9. The summed E-state index contributed by atoms with van der Waals surface area (Å²) in [6.07, 6.45) is 2.72. The summed E-state index contributed by atoms with van der Waals surface area (Å²) < 4.78 is 6.94. The molecular formula is C18H25N5O4. The van der Waals surface area contributed by atoms with Crippen molar-refractivity contribution in [3.63, 3.8) is 0 Å². The predicted molar refractivity (Wildman–Crippen MR) is 102 cm³/mol. The molecule has 0 unspecified atom stereocenters. The molecule has 1 fully saturated rings. The van der Waals surface area contributed by atoms with Crippen LogP contribution in [0.1, 0.15) is 33.6 Å². The van der Waals surface area contributed by atoms with Gasteiger partial charge >= 0.3 is 6.09 Å². The number of benzene rings is 1. The number of nitro benzene ring substituents is 1. The number of hydrogen-bond acceptors (Lipinski definition) is 6. The maximum Gasteiger partial charge on any atom is 0.407 e. The fourth-order valence-corrected chi connectivity index (χ4v) is 3.31. The Hall–Kier alpha value is -2.84. The largest absolute Gasteiger partial charge is 0.444 e. The first-order valence-electron chi connectivity index (χ1n) is 8.98. The molecule has 1 N–H and O–H groups in total. The van der Waals surface area contributed by atoms with Crippen molar-refractivity contribution in [1.82, 2.24) is 15.1 Å². The summed E-state index contributed by atoms with van der Waals surface area (Å²) in [6, 6.07) is 3.34. The Balaban J connectivity index is 1.71. The Morgan fingerprint density at radius 3 is 2.59 bits per heavy atom. The molecule has 2 heterocycles. The normalized spacial score (nSPS) is 15.8. The van der Waals surface area contributed by atoms with Gasteiger partial charge in [-0.1, -0.05) is 0 Å². The van der Waals surface area contributed by atoms with Crippen LogP contribution in [0.2, 0.25) is 0 Å². The van der Waals surface area contributed by atoms with Crippen LogP contribution in [0, 0.1) is 10.1 Å². The molecule has 27 heavy (non-hydrogen) atoms. The summed E-state index contributed by atoms with van der Waals surface area (Å²) in [5, 5.41) is 19.5. The lowest BCUT2D eigenvalue weighted by atomic mass is 10.0. The van der Waals surface area contributed by atoms with E-state index in [9.17, 15) is 14.9 Å². The molecule has 2 aromatic rings. The van der Waals surface area contributed by atoms with Crippen molar-refractivity contribution in [2.45, 2.75) is 45.3 Å². The molecular weight excluding hydrogens is 350 g/mol. The number of fused-ring (bicyclic) bond motifs is 1. The van der Waals surface area contributed by atoms with Crippen LogP contribution in [0.5, 0.6) is 0 Å². The van der Waals surface area contributed by atoms with Gasteiger partial charge in [0.05, 0.1) is 10.4 Å². The molecule has 146 valence electrons. The van der Waals surface area contributed by atoms with Gasteiger partial charge in [0.2, 0.25) is 0 Å². The van der Waals surface area contributed by atoms with Crippen molar-refractivity contribution in [3.8, 4) is 0 Å². The quantitative estimate of drug-likeness (QED) is 0.653. The average molecular weight is 375 g/mol.